The molecule has 0 radical (unpaired) electrons. The van der Waals surface area contributed by atoms with Gasteiger partial charge in [0.05, 0.1) is 9.82 Å². The molecule has 16 heavy (non-hydrogen) atoms. The second kappa shape index (κ2) is 4.36. The molecule has 0 unspecified atom stereocenters. The molecule has 1 aliphatic rings. The molecule has 5 nitrogen and oxygen atoms in total. The van der Waals surface area contributed by atoms with Crippen LogP contribution in [0.1, 0.15) is 5.56 Å². The van der Waals surface area contributed by atoms with Crippen molar-refractivity contribution in [3.05, 3.63) is 40.1 Å². The molecule has 6 heteroatoms. The SMILES string of the molecule is O=[N+]([O-])c1cc(C2=CN=COC2)ccc1S. The van der Waals surface area contributed by atoms with Crippen LogP contribution in [0.15, 0.2) is 34.3 Å². The molecular formula is C10H8N2O3S. The van der Waals surface area contributed by atoms with Crippen molar-refractivity contribution in [1.29, 1.82) is 0 Å². The topological polar surface area (TPSA) is 64.7 Å². The molecular weight excluding hydrogens is 228 g/mol. The molecule has 2 rings (SSSR count). The van der Waals surface area contributed by atoms with E-state index in [1.165, 1.54) is 12.5 Å². The standard InChI is InChI=1S/C10H8N2O3S/c13-12(14)9-3-7(1-2-10(9)16)8-4-11-6-15-5-8/h1-4,6,16H,5H2. The van der Waals surface area contributed by atoms with Crippen LogP contribution in [0.3, 0.4) is 0 Å². The van der Waals surface area contributed by atoms with E-state index < -0.39 is 4.92 Å². The van der Waals surface area contributed by atoms with Crippen LogP contribution in [0, 0.1) is 10.1 Å². The van der Waals surface area contributed by atoms with Gasteiger partial charge in [0.15, 0.2) is 6.40 Å². The van der Waals surface area contributed by atoms with Gasteiger partial charge in [0.25, 0.3) is 5.69 Å². The van der Waals surface area contributed by atoms with Crippen molar-refractivity contribution in [2.75, 3.05) is 6.61 Å². The molecule has 0 spiro atoms. The molecule has 1 heterocycles. The smallest absolute Gasteiger partial charge is 0.283 e. The zero-order chi connectivity index (χ0) is 11.5. The van der Waals surface area contributed by atoms with Crippen molar-refractivity contribution >= 4 is 30.3 Å². The van der Waals surface area contributed by atoms with Crippen LogP contribution < -0.4 is 0 Å². The summed E-state index contributed by atoms with van der Waals surface area (Å²) >= 11 is 4.03. The first kappa shape index (κ1) is 10.7. The van der Waals surface area contributed by atoms with Gasteiger partial charge in [-0.15, -0.1) is 12.6 Å². The van der Waals surface area contributed by atoms with Gasteiger partial charge in [0, 0.05) is 17.8 Å². The first-order valence-electron chi connectivity index (χ1n) is 4.48. The monoisotopic (exact) mass is 236 g/mol. The fourth-order valence-corrected chi connectivity index (χ4v) is 1.58. The number of rotatable bonds is 2. The second-order valence-electron chi connectivity index (χ2n) is 3.18. The van der Waals surface area contributed by atoms with E-state index in [9.17, 15) is 10.1 Å². The van der Waals surface area contributed by atoms with Crippen LogP contribution in [-0.4, -0.2) is 17.9 Å². The van der Waals surface area contributed by atoms with Gasteiger partial charge in [-0.1, -0.05) is 6.07 Å². The van der Waals surface area contributed by atoms with Gasteiger partial charge in [-0.25, -0.2) is 4.99 Å². The number of nitro groups is 1. The highest BCUT2D eigenvalue weighted by molar-refractivity contribution is 7.80. The third-order valence-electron chi connectivity index (χ3n) is 2.15. The Balaban J connectivity index is 2.43. The van der Waals surface area contributed by atoms with Crippen LogP contribution in [0.4, 0.5) is 5.69 Å². The van der Waals surface area contributed by atoms with E-state index >= 15 is 0 Å². The van der Waals surface area contributed by atoms with Gasteiger partial charge in [-0.05, 0) is 11.6 Å². The van der Waals surface area contributed by atoms with E-state index in [1.807, 2.05) is 0 Å². The van der Waals surface area contributed by atoms with Crippen LogP contribution in [0.5, 0.6) is 0 Å². The van der Waals surface area contributed by atoms with E-state index in [-0.39, 0.29) is 5.69 Å². The van der Waals surface area contributed by atoms with E-state index in [4.69, 9.17) is 4.74 Å². The van der Waals surface area contributed by atoms with Crippen molar-refractivity contribution in [3.8, 4) is 0 Å². The molecule has 0 aromatic heterocycles. The number of hydrogen-bond donors (Lipinski definition) is 1. The third kappa shape index (κ3) is 2.06. The Morgan fingerprint density at radius 3 is 2.94 bits per heavy atom. The highest BCUT2D eigenvalue weighted by atomic mass is 32.1. The summed E-state index contributed by atoms with van der Waals surface area (Å²) in [5.74, 6) is 0. The molecule has 82 valence electrons. The van der Waals surface area contributed by atoms with Crippen LogP contribution in [0.2, 0.25) is 0 Å². The van der Waals surface area contributed by atoms with E-state index in [0.717, 1.165) is 11.1 Å². The van der Waals surface area contributed by atoms with E-state index in [1.54, 1.807) is 18.3 Å². The minimum atomic E-state index is -0.459. The largest absolute Gasteiger partial charge is 0.478 e. The number of nitrogens with zero attached hydrogens (tertiary/aromatic N) is 2. The number of aliphatic imine (C=N–C) groups is 1. The molecule has 0 N–H and O–H groups in total. The maximum atomic E-state index is 10.7. The lowest BCUT2D eigenvalue weighted by Crippen LogP contribution is -2.01. The fourth-order valence-electron chi connectivity index (χ4n) is 1.36. The highest BCUT2D eigenvalue weighted by Gasteiger charge is 2.14. The molecule has 0 saturated heterocycles. The first-order chi connectivity index (χ1) is 7.68. The molecule has 0 atom stereocenters. The average Bonchev–Trinajstić information content (AvgIpc) is 2.30. The number of hydrogen-bond acceptors (Lipinski definition) is 5. The summed E-state index contributed by atoms with van der Waals surface area (Å²) in [6.45, 7) is 0.368. The van der Waals surface area contributed by atoms with Crippen LogP contribution >= 0.6 is 12.6 Å². The predicted octanol–water partition coefficient (Wildman–Crippen LogP) is 2.28. The Morgan fingerprint density at radius 2 is 2.31 bits per heavy atom. The fraction of sp³-hybridized carbons (Fsp3) is 0.100. The third-order valence-corrected chi connectivity index (χ3v) is 2.53. The maximum Gasteiger partial charge on any atom is 0.283 e. The van der Waals surface area contributed by atoms with Gasteiger partial charge in [-0.3, -0.25) is 10.1 Å². The predicted molar refractivity (Wildman–Crippen MR) is 62.8 cm³/mol. The Hall–Kier alpha value is -1.82. The minimum Gasteiger partial charge on any atom is -0.478 e. The lowest BCUT2D eigenvalue weighted by atomic mass is 10.1. The van der Waals surface area contributed by atoms with Gasteiger partial charge in [0.1, 0.15) is 6.61 Å². The molecule has 1 aliphatic heterocycles. The summed E-state index contributed by atoms with van der Waals surface area (Å²) in [7, 11) is 0. The Bertz CT molecular complexity index is 497. The number of ether oxygens (including phenoxy) is 1. The molecule has 0 aliphatic carbocycles. The normalized spacial score (nSPS) is 14.2. The summed E-state index contributed by atoms with van der Waals surface area (Å²) in [5.41, 5.74) is 1.51. The molecule has 0 bridgehead atoms. The quantitative estimate of drug-likeness (QED) is 0.486. The van der Waals surface area contributed by atoms with Crippen molar-refractivity contribution in [1.82, 2.24) is 0 Å². The Kier molecular flexibility index (Phi) is 2.91. The lowest BCUT2D eigenvalue weighted by molar-refractivity contribution is -0.387. The summed E-state index contributed by atoms with van der Waals surface area (Å²) in [5, 5.41) is 10.7. The van der Waals surface area contributed by atoms with Crippen molar-refractivity contribution in [3.63, 3.8) is 0 Å². The molecule has 0 fully saturated rings. The Labute approximate surface area is 97.0 Å². The zero-order valence-electron chi connectivity index (χ0n) is 8.16. The highest BCUT2D eigenvalue weighted by Crippen LogP contribution is 2.27. The van der Waals surface area contributed by atoms with Crippen molar-refractivity contribution in [2.45, 2.75) is 4.90 Å². The number of thiol groups is 1. The number of benzene rings is 1. The van der Waals surface area contributed by atoms with Crippen molar-refractivity contribution in [2.24, 2.45) is 4.99 Å². The molecule has 1 aromatic rings. The summed E-state index contributed by atoms with van der Waals surface area (Å²) in [4.78, 5) is 14.4. The minimum absolute atomic E-state index is 0.0173. The summed E-state index contributed by atoms with van der Waals surface area (Å²) in [6.07, 6.45) is 2.96. The molecule has 1 aromatic carbocycles. The number of nitro benzene ring substituents is 1. The first-order valence-corrected chi connectivity index (χ1v) is 4.93. The van der Waals surface area contributed by atoms with Crippen LogP contribution in [0.25, 0.3) is 5.57 Å². The molecule has 0 saturated carbocycles. The lowest BCUT2D eigenvalue weighted by Gasteiger charge is -2.09. The van der Waals surface area contributed by atoms with E-state index in [0.29, 0.717) is 11.5 Å². The van der Waals surface area contributed by atoms with E-state index in [2.05, 4.69) is 17.6 Å². The van der Waals surface area contributed by atoms with Gasteiger partial charge < -0.3 is 4.74 Å². The van der Waals surface area contributed by atoms with Gasteiger partial charge in [0.2, 0.25) is 0 Å². The Morgan fingerprint density at radius 1 is 1.50 bits per heavy atom. The summed E-state index contributed by atoms with van der Waals surface area (Å²) < 4.78 is 5.02. The van der Waals surface area contributed by atoms with Crippen LogP contribution in [-0.2, 0) is 4.74 Å². The van der Waals surface area contributed by atoms with Gasteiger partial charge in [-0.2, -0.15) is 0 Å². The van der Waals surface area contributed by atoms with Crippen molar-refractivity contribution < 1.29 is 9.66 Å². The zero-order valence-corrected chi connectivity index (χ0v) is 9.05. The van der Waals surface area contributed by atoms with Gasteiger partial charge >= 0.3 is 0 Å². The average molecular weight is 236 g/mol. The second-order valence-corrected chi connectivity index (χ2v) is 3.66. The summed E-state index contributed by atoms with van der Waals surface area (Å²) in [6, 6.07) is 4.82. The maximum absolute atomic E-state index is 10.7. The molecule has 0 amide bonds.